The van der Waals surface area contributed by atoms with Crippen LogP contribution in [0.2, 0.25) is 0 Å². The molecule has 0 aliphatic heterocycles. The van der Waals surface area contributed by atoms with Gasteiger partial charge in [0, 0.05) is 0 Å². The van der Waals surface area contributed by atoms with Crippen LogP contribution in [0.15, 0.2) is 0 Å². The van der Waals surface area contributed by atoms with Gasteiger partial charge in [0.1, 0.15) is 0 Å². The summed E-state index contributed by atoms with van der Waals surface area (Å²) in [5.41, 5.74) is 0. The fourth-order valence-corrected chi connectivity index (χ4v) is 0. The van der Waals surface area contributed by atoms with Gasteiger partial charge in [0.15, 0.2) is 0 Å². The zero-order valence-electron chi connectivity index (χ0n) is 3.21. The monoisotopic (exact) mass is 56.1 g/mol. The van der Waals surface area contributed by atoms with Gasteiger partial charge in [-0.3, -0.25) is 0 Å². The molecule has 0 nitrogen and oxygen atoms in total. The van der Waals surface area contributed by atoms with Crippen LogP contribution < -0.4 is 0 Å². The average Bonchev–Trinajstić information content (AvgIpc) is 1.37. The SMILES string of the molecule is C[C]CC. The fraction of sp³-hybridized carbons (Fsp3) is 0.750. The second kappa shape index (κ2) is 3.00. The molecule has 0 rings (SSSR count). The predicted molar refractivity (Wildman–Crippen MR) is 19.2 cm³/mol. The zero-order valence-corrected chi connectivity index (χ0v) is 3.21. The number of hydrogen-bond donors (Lipinski definition) is 0. The molecule has 0 amide bonds. The van der Waals surface area contributed by atoms with E-state index in [0.29, 0.717) is 0 Å². The first-order chi connectivity index (χ1) is 1.91. The molecule has 2 radical (unpaired) electrons. The summed E-state index contributed by atoms with van der Waals surface area (Å²) in [5.74, 6) is 0. The smallest absolute Gasteiger partial charge is 0.0210 e. The van der Waals surface area contributed by atoms with E-state index in [-0.39, 0.29) is 0 Å². The fourth-order valence-electron chi connectivity index (χ4n) is 0. The first-order valence-corrected chi connectivity index (χ1v) is 1.56. The molecule has 0 bridgehead atoms. The van der Waals surface area contributed by atoms with Crippen LogP contribution >= 0.6 is 0 Å². The van der Waals surface area contributed by atoms with Crippen LogP contribution in [0, 0.1) is 6.42 Å². The van der Waals surface area contributed by atoms with Crippen molar-refractivity contribution in [3.63, 3.8) is 0 Å². The molecular formula is C4H8. The number of rotatable bonds is 1. The van der Waals surface area contributed by atoms with Crippen LogP contribution in [0.3, 0.4) is 0 Å². The second-order valence-electron chi connectivity index (χ2n) is 0.707. The van der Waals surface area contributed by atoms with Crippen molar-refractivity contribution in [1.29, 1.82) is 0 Å². The minimum Gasteiger partial charge on any atom is -0.0648 e. The van der Waals surface area contributed by atoms with Gasteiger partial charge in [0.2, 0.25) is 0 Å². The lowest BCUT2D eigenvalue weighted by atomic mass is 10.4. The molecule has 0 atom stereocenters. The van der Waals surface area contributed by atoms with E-state index in [4.69, 9.17) is 0 Å². The summed E-state index contributed by atoms with van der Waals surface area (Å²) in [5, 5.41) is 0. The highest BCUT2D eigenvalue weighted by Crippen LogP contribution is 1.74. The van der Waals surface area contributed by atoms with Crippen LogP contribution in [0.4, 0.5) is 0 Å². The summed E-state index contributed by atoms with van der Waals surface area (Å²) in [6.07, 6.45) is 4.00. The molecule has 24 valence electrons. The van der Waals surface area contributed by atoms with Gasteiger partial charge in [0.25, 0.3) is 0 Å². The van der Waals surface area contributed by atoms with Crippen LogP contribution in [-0.4, -0.2) is 0 Å². The minimum atomic E-state index is 1.07. The van der Waals surface area contributed by atoms with E-state index in [1.807, 2.05) is 6.92 Å². The first-order valence-electron chi connectivity index (χ1n) is 1.56. The molecule has 0 heteroatoms. The molecule has 0 aliphatic carbocycles. The highest BCUT2D eigenvalue weighted by molar-refractivity contribution is 4.45. The first kappa shape index (κ1) is 4.00. The lowest BCUT2D eigenvalue weighted by molar-refractivity contribution is 1.10. The Hall–Kier alpha value is 0. The molecule has 0 unspecified atom stereocenters. The Morgan fingerprint density at radius 3 is 2.00 bits per heavy atom. The van der Waals surface area contributed by atoms with E-state index in [1.54, 1.807) is 0 Å². The number of hydrogen-bond acceptors (Lipinski definition) is 0. The quantitative estimate of drug-likeness (QED) is 0.427. The van der Waals surface area contributed by atoms with Gasteiger partial charge in [-0.2, -0.15) is 0 Å². The van der Waals surface area contributed by atoms with Crippen LogP contribution in [-0.2, 0) is 0 Å². The molecule has 0 aromatic carbocycles. The Bertz CT molecular complexity index is 2.00. The summed E-state index contributed by atoms with van der Waals surface area (Å²) in [6.45, 7) is 4.00. The summed E-state index contributed by atoms with van der Waals surface area (Å²) in [6, 6.07) is 0. The Balaban J connectivity index is 1.97. The Morgan fingerprint density at radius 2 is 2.00 bits per heavy atom. The lowest BCUT2D eigenvalue weighted by Crippen LogP contribution is -1.50. The van der Waals surface area contributed by atoms with Gasteiger partial charge < -0.3 is 0 Å². The normalized spacial score (nSPS) is 7.50. The highest BCUT2D eigenvalue weighted by Gasteiger charge is 1.58. The molecule has 0 N–H and O–H groups in total. The molecule has 0 fully saturated rings. The minimum absolute atomic E-state index is 1.07. The van der Waals surface area contributed by atoms with Gasteiger partial charge in [-0.1, -0.05) is 13.8 Å². The van der Waals surface area contributed by atoms with Crippen molar-refractivity contribution < 1.29 is 0 Å². The van der Waals surface area contributed by atoms with Crippen molar-refractivity contribution in [3.8, 4) is 0 Å². The standard InChI is InChI=1S/C4H8/c1-3-4-2/h3H2,1-2H3. The van der Waals surface area contributed by atoms with Crippen LogP contribution in [0.1, 0.15) is 20.3 Å². The second-order valence-corrected chi connectivity index (χ2v) is 0.707. The Labute approximate surface area is 27.8 Å². The van der Waals surface area contributed by atoms with E-state index in [2.05, 4.69) is 13.3 Å². The molecule has 0 aromatic heterocycles. The van der Waals surface area contributed by atoms with E-state index < -0.39 is 0 Å². The van der Waals surface area contributed by atoms with Crippen molar-refractivity contribution in [2.75, 3.05) is 0 Å². The highest BCUT2D eigenvalue weighted by atomic mass is 13.6. The molecule has 0 heterocycles. The van der Waals surface area contributed by atoms with Gasteiger partial charge >= 0.3 is 0 Å². The summed E-state index contributed by atoms with van der Waals surface area (Å²) >= 11 is 0. The van der Waals surface area contributed by atoms with Crippen molar-refractivity contribution in [3.05, 3.63) is 6.42 Å². The third kappa shape index (κ3) is 2.00. The summed E-state index contributed by atoms with van der Waals surface area (Å²) in [4.78, 5) is 0. The van der Waals surface area contributed by atoms with Gasteiger partial charge in [-0.05, 0) is 12.8 Å². The van der Waals surface area contributed by atoms with Gasteiger partial charge in [0.05, 0.1) is 0 Å². The van der Waals surface area contributed by atoms with Crippen molar-refractivity contribution >= 4 is 0 Å². The summed E-state index contributed by atoms with van der Waals surface area (Å²) in [7, 11) is 0. The lowest BCUT2D eigenvalue weighted by Gasteiger charge is -1.66. The third-order valence-electron chi connectivity index (χ3n) is 0.354. The molecular weight excluding hydrogens is 48.0 g/mol. The van der Waals surface area contributed by atoms with Crippen LogP contribution in [0.25, 0.3) is 0 Å². The van der Waals surface area contributed by atoms with E-state index in [0.717, 1.165) is 6.42 Å². The van der Waals surface area contributed by atoms with E-state index in [9.17, 15) is 0 Å². The maximum absolute atomic E-state index is 2.93. The predicted octanol–water partition coefficient (Wildman–Crippen LogP) is 1.50. The van der Waals surface area contributed by atoms with Gasteiger partial charge in [-0.25, -0.2) is 0 Å². The van der Waals surface area contributed by atoms with E-state index in [1.165, 1.54) is 0 Å². The molecule has 0 saturated carbocycles. The van der Waals surface area contributed by atoms with Crippen LogP contribution in [0.5, 0.6) is 0 Å². The topological polar surface area (TPSA) is 0 Å². The number of unbranched alkanes of at least 4 members (excludes halogenated alkanes) is 1. The Morgan fingerprint density at radius 1 is 1.75 bits per heavy atom. The third-order valence-corrected chi connectivity index (χ3v) is 0.354. The zero-order chi connectivity index (χ0) is 3.41. The van der Waals surface area contributed by atoms with E-state index >= 15 is 0 Å². The molecule has 0 saturated heterocycles. The van der Waals surface area contributed by atoms with Crippen molar-refractivity contribution in [2.45, 2.75) is 20.3 Å². The average molecular weight is 56.1 g/mol. The molecule has 0 spiro atoms. The van der Waals surface area contributed by atoms with Gasteiger partial charge in [-0.15, -0.1) is 0 Å². The maximum Gasteiger partial charge on any atom is -0.0210 e. The van der Waals surface area contributed by atoms with Crippen molar-refractivity contribution in [1.82, 2.24) is 0 Å². The summed E-state index contributed by atoms with van der Waals surface area (Å²) < 4.78 is 0. The van der Waals surface area contributed by atoms with Crippen molar-refractivity contribution in [2.24, 2.45) is 0 Å². The largest absolute Gasteiger partial charge is 0.0648 e. The maximum atomic E-state index is 2.93. The molecule has 0 aromatic rings. The molecule has 0 aliphatic rings. The molecule has 4 heavy (non-hydrogen) atoms. The Kier molecular flexibility index (Phi) is 3.00.